The topological polar surface area (TPSA) is 9.23 Å². The van der Waals surface area contributed by atoms with Gasteiger partial charge in [0.1, 0.15) is 5.75 Å². The quantitative estimate of drug-likeness (QED) is 0.243. The van der Waals surface area contributed by atoms with Crippen LogP contribution in [0.2, 0.25) is 0 Å². The molecule has 34 heavy (non-hydrogen) atoms. The van der Waals surface area contributed by atoms with E-state index in [1.807, 2.05) is 0 Å². The molecule has 0 amide bonds. The summed E-state index contributed by atoms with van der Waals surface area (Å²) in [5.41, 5.74) is 6.32. The molecule has 6 aromatic carbocycles. The van der Waals surface area contributed by atoms with Crippen LogP contribution >= 0.6 is 0 Å². The Bertz CT molecular complexity index is 1610. The van der Waals surface area contributed by atoms with Gasteiger partial charge in [0.2, 0.25) is 0 Å². The van der Waals surface area contributed by atoms with Crippen LogP contribution in [0.4, 0.5) is 0 Å². The van der Waals surface area contributed by atoms with Gasteiger partial charge in [-0.2, -0.15) is 0 Å². The first-order chi connectivity index (χ1) is 16.6. The predicted molar refractivity (Wildman–Crippen MR) is 146 cm³/mol. The average molecular weight is 441 g/mol. The zero-order valence-corrected chi connectivity index (χ0v) is 19.9. The maximum Gasteiger partial charge on any atom is 0.119 e. The normalized spacial score (nSPS) is 11.8. The Morgan fingerprint density at radius 3 is 1.71 bits per heavy atom. The predicted octanol–water partition coefficient (Wildman–Crippen LogP) is 9.26. The fourth-order valence-corrected chi connectivity index (χ4v) is 5.06. The van der Waals surface area contributed by atoms with Gasteiger partial charge < -0.3 is 4.74 Å². The van der Waals surface area contributed by atoms with Gasteiger partial charge in [0.05, 0.1) is 6.61 Å². The second-order valence-electron chi connectivity index (χ2n) is 9.75. The molecule has 0 atom stereocenters. The van der Waals surface area contributed by atoms with Crippen molar-refractivity contribution >= 4 is 32.3 Å². The summed E-state index contributed by atoms with van der Waals surface area (Å²) in [4.78, 5) is 0. The minimum atomic E-state index is 0.512. The van der Waals surface area contributed by atoms with Gasteiger partial charge in [0, 0.05) is 0 Å². The number of rotatable bonds is 5. The molecular formula is C33H28O. The van der Waals surface area contributed by atoms with E-state index in [0.717, 1.165) is 12.4 Å². The Hall–Kier alpha value is -3.84. The lowest BCUT2D eigenvalue weighted by atomic mass is 9.85. The first-order valence-electron chi connectivity index (χ1n) is 12.1. The van der Waals surface area contributed by atoms with Crippen LogP contribution in [0, 0.1) is 12.8 Å². The highest BCUT2D eigenvalue weighted by Gasteiger charge is 2.16. The first kappa shape index (κ1) is 20.7. The van der Waals surface area contributed by atoms with E-state index in [-0.39, 0.29) is 0 Å². The lowest BCUT2D eigenvalue weighted by Crippen LogP contribution is -2.04. The molecule has 6 rings (SSSR count). The third kappa shape index (κ3) is 3.49. The van der Waals surface area contributed by atoms with Crippen LogP contribution in [-0.4, -0.2) is 6.61 Å². The summed E-state index contributed by atoms with van der Waals surface area (Å²) in [5.74, 6) is 1.44. The standard InChI is InChI=1S/C33H28O/c1-21(2)20-34-27-16-14-24(15-17-27)31-19-26-7-4-6-25-18-30(23-12-10-22(3)11-13-23)28-8-5-9-29(31)33(28)32(25)26/h4-19,21H,20H2,1-3H3. The molecule has 0 heterocycles. The molecule has 0 aliphatic carbocycles. The second-order valence-corrected chi connectivity index (χ2v) is 9.75. The molecule has 0 spiro atoms. The van der Waals surface area contributed by atoms with Gasteiger partial charge in [-0.25, -0.2) is 0 Å². The van der Waals surface area contributed by atoms with E-state index < -0.39 is 0 Å². The summed E-state index contributed by atoms with van der Waals surface area (Å²) in [6.07, 6.45) is 0. The van der Waals surface area contributed by atoms with Gasteiger partial charge in [-0.05, 0) is 91.7 Å². The molecule has 1 heteroatoms. The van der Waals surface area contributed by atoms with Crippen LogP contribution in [0.15, 0.2) is 97.1 Å². The second kappa shape index (κ2) is 8.18. The minimum absolute atomic E-state index is 0.512. The van der Waals surface area contributed by atoms with Crippen LogP contribution in [0.5, 0.6) is 5.75 Å². The molecule has 0 aliphatic rings. The van der Waals surface area contributed by atoms with Gasteiger partial charge in [-0.15, -0.1) is 0 Å². The van der Waals surface area contributed by atoms with E-state index in [1.54, 1.807) is 0 Å². The Labute approximate surface area is 201 Å². The van der Waals surface area contributed by atoms with Crippen molar-refractivity contribution in [2.24, 2.45) is 5.92 Å². The summed E-state index contributed by atoms with van der Waals surface area (Å²) < 4.78 is 5.92. The molecule has 166 valence electrons. The van der Waals surface area contributed by atoms with Gasteiger partial charge in [0.15, 0.2) is 0 Å². The van der Waals surface area contributed by atoms with Crippen LogP contribution in [-0.2, 0) is 0 Å². The van der Waals surface area contributed by atoms with E-state index in [1.165, 1.54) is 60.1 Å². The van der Waals surface area contributed by atoms with Crippen molar-refractivity contribution in [3.8, 4) is 28.0 Å². The van der Waals surface area contributed by atoms with Crippen LogP contribution < -0.4 is 4.74 Å². The number of hydrogen-bond acceptors (Lipinski definition) is 1. The summed E-state index contributed by atoms with van der Waals surface area (Å²) in [6.45, 7) is 7.22. The Morgan fingerprint density at radius 2 is 1.15 bits per heavy atom. The van der Waals surface area contributed by atoms with Gasteiger partial charge in [-0.1, -0.05) is 92.2 Å². The third-order valence-electron chi connectivity index (χ3n) is 6.73. The summed E-state index contributed by atoms with van der Waals surface area (Å²) in [6, 6.07) is 35.6. The molecule has 0 aromatic heterocycles. The molecule has 0 radical (unpaired) electrons. The zero-order valence-electron chi connectivity index (χ0n) is 19.9. The van der Waals surface area contributed by atoms with Crippen LogP contribution in [0.3, 0.4) is 0 Å². The maximum atomic E-state index is 5.92. The lowest BCUT2D eigenvalue weighted by Gasteiger charge is -2.18. The largest absolute Gasteiger partial charge is 0.493 e. The summed E-state index contributed by atoms with van der Waals surface area (Å²) in [7, 11) is 0. The maximum absolute atomic E-state index is 5.92. The Morgan fingerprint density at radius 1 is 0.618 bits per heavy atom. The number of hydrogen-bond donors (Lipinski definition) is 0. The number of ether oxygens (including phenoxy) is 1. The molecule has 0 N–H and O–H groups in total. The molecule has 0 aliphatic heterocycles. The van der Waals surface area contributed by atoms with Gasteiger partial charge in [-0.3, -0.25) is 0 Å². The van der Waals surface area contributed by atoms with Crippen LogP contribution in [0.1, 0.15) is 19.4 Å². The van der Waals surface area contributed by atoms with Crippen molar-refractivity contribution in [3.05, 3.63) is 103 Å². The summed E-state index contributed by atoms with van der Waals surface area (Å²) in [5, 5.41) is 7.88. The monoisotopic (exact) mass is 440 g/mol. The first-order valence-corrected chi connectivity index (χ1v) is 12.1. The van der Waals surface area contributed by atoms with Crippen molar-refractivity contribution in [2.75, 3.05) is 6.61 Å². The van der Waals surface area contributed by atoms with Crippen molar-refractivity contribution in [1.29, 1.82) is 0 Å². The van der Waals surface area contributed by atoms with Crippen molar-refractivity contribution < 1.29 is 4.74 Å². The molecule has 0 bridgehead atoms. The van der Waals surface area contributed by atoms with E-state index >= 15 is 0 Å². The van der Waals surface area contributed by atoms with E-state index in [4.69, 9.17) is 4.74 Å². The number of benzene rings is 6. The molecule has 0 saturated carbocycles. The Balaban J connectivity index is 1.60. The molecule has 0 unspecified atom stereocenters. The summed E-state index contributed by atoms with van der Waals surface area (Å²) >= 11 is 0. The third-order valence-corrected chi connectivity index (χ3v) is 6.73. The molecule has 0 saturated heterocycles. The molecule has 1 nitrogen and oxygen atoms in total. The highest BCUT2D eigenvalue weighted by Crippen LogP contribution is 2.44. The SMILES string of the molecule is Cc1ccc(-c2cc3cccc4cc(-c5ccc(OCC(C)C)cc5)c5cccc2c5c34)cc1. The van der Waals surface area contributed by atoms with E-state index in [9.17, 15) is 0 Å². The van der Waals surface area contributed by atoms with Gasteiger partial charge in [0.25, 0.3) is 0 Å². The van der Waals surface area contributed by atoms with Crippen molar-refractivity contribution in [1.82, 2.24) is 0 Å². The fourth-order valence-electron chi connectivity index (χ4n) is 5.06. The fraction of sp³-hybridized carbons (Fsp3) is 0.152. The van der Waals surface area contributed by atoms with Crippen molar-refractivity contribution in [2.45, 2.75) is 20.8 Å². The number of aryl methyl sites for hydroxylation is 1. The van der Waals surface area contributed by atoms with Gasteiger partial charge >= 0.3 is 0 Å². The van der Waals surface area contributed by atoms with E-state index in [0.29, 0.717) is 5.92 Å². The van der Waals surface area contributed by atoms with E-state index in [2.05, 4.69) is 118 Å². The lowest BCUT2D eigenvalue weighted by molar-refractivity contribution is 0.271. The molecule has 6 aromatic rings. The zero-order chi connectivity index (χ0) is 23.2. The Kier molecular flexibility index (Phi) is 4.99. The van der Waals surface area contributed by atoms with Crippen molar-refractivity contribution in [3.63, 3.8) is 0 Å². The average Bonchev–Trinajstić information content (AvgIpc) is 2.86. The molecular weight excluding hydrogens is 412 g/mol. The van der Waals surface area contributed by atoms with Crippen LogP contribution in [0.25, 0.3) is 54.6 Å². The smallest absolute Gasteiger partial charge is 0.119 e. The minimum Gasteiger partial charge on any atom is -0.493 e. The molecule has 0 fully saturated rings. The highest BCUT2D eigenvalue weighted by atomic mass is 16.5. The highest BCUT2D eigenvalue weighted by molar-refractivity contribution is 6.29.